The maximum atomic E-state index is 12.4. The van der Waals surface area contributed by atoms with Gasteiger partial charge in [-0.3, -0.25) is 9.78 Å². The molecule has 0 spiro atoms. The van der Waals surface area contributed by atoms with E-state index < -0.39 is 0 Å². The van der Waals surface area contributed by atoms with Crippen molar-refractivity contribution in [3.63, 3.8) is 0 Å². The average molecular weight is 297 g/mol. The molecule has 3 atom stereocenters. The monoisotopic (exact) mass is 297 g/mol. The van der Waals surface area contributed by atoms with Crippen LogP contribution in [0, 0.1) is 5.92 Å². The summed E-state index contributed by atoms with van der Waals surface area (Å²) in [7, 11) is 0. The standard InChI is InChI=1S/C17H19N3O2/c1-2-14-6-12-8-18-15(7-16(12)22-14)17(21)19-13-5-11-3-4-20(9-11)10-13/h2,6-8,11,13H,1,3-5,9-10H2,(H,19,21)/t11-,13-/m1/s1. The van der Waals surface area contributed by atoms with Gasteiger partial charge in [-0.05, 0) is 37.4 Å². The van der Waals surface area contributed by atoms with Crippen LogP contribution in [-0.2, 0) is 0 Å². The van der Waals surface area contributed by atoms with Gasteiger partial charge in [0.05, 0.1) is 0 Å². The molecule has 2 bridgehead atoms. The number of nitrogens with zero attached hydrogens (tertiary/aromatic N) is 2. The summed E-state index contributed by atoms with van der Waals surface area (Å²) in [5.74, 6) is 1.30. The molecule has 2 aliphatic heterocycles. The van der Waals surface area contributed by atoms with Crippen LogP contribution in [0.5, 0.6) is 0 Å². The highest BCUT2D eigenvalue weighted by Crippen LogP contribution is 2.27. The lowest BCUT2D eigenvalue weighted by molar-refractivity contribution is 0.0904. The Bertz CT molecular complexity index is 725. The Labute approximate surface area is 129 Å². The van der Waals surface area contributed by atoms with Gasteiger partial charge in [-0.25, -0.2) is 0 Å². The van der Waals surface area contributed by atoms with Crippen molar-refractivity contribution in [2.75, 3.05) is 19.6 Å². The summed E-state index contributed by atoms with van der Waals surface area (Å²) in [6.07, 6.45) is 5.65. The maximum absolute atomic E-state index is 12.4. The Morgan fingerprint density at radius 1 is 1.45 bits per heavy atom. The third kappa shape index (κ3) is 2.41. The van der Waals surface area contributed by atoms with Gasteiger partial charge in [0.2, 0.25) is 0 Å². The third-order valence-electron chi connectivity index (χ3n) is 4.66. The molecule has 1 N–H and O–H groups in total. The summed E-state index contributed by atoms with van der Waals surface area (Å²) in [5.41, 5.74) is 1.08. The van der Waals surface area contributed by atoms with Crippen molar-refractivity contribution in [2.24, 2.45) is 5.92 Å². The Hall–Kier alpha value is -2.14. The van der Waals surface area contributed by atoms with Crippen LogP contribution in [0.4, 0.5) is 0 Å². The number of nitrogens with one attached hydrogen (secondary N) is 1. The minimum atomic E-state index is -0.119. The van der Waals surface area contributed by atoms with Crippen molar-refractivity contribution in [1.82, 2.24) is 15.2 Å². The minimum Gasteiger partial charge on any atom is -0.457 e. The summed E-state index contributed by atoms with van der Waals surface area (Å²) in [4.78, 5) is 19.1. The molecule has 5 nitrogen and oxygen atoms in total. The van der Waals surface area contributed by atoms with Gasteiger partial charge in [0, 0.05) is 36.8 Å². The van der Waals surface area contributed by atoms with E-state index in [1.807, 2.05) is 6.07 Å². The van der Waals surface area contributed by atoms with Crippen LogP contribution in [0.2, 0.25) is 0 Å². The first-order valence-corrected chi connectivity index (χ1v) is 7.76. The molecule has 2 aromatic heterocycles. The van der Waals surface area contributed by atoms with Crippen molar-refractivity contribution in [2.45, 2.75) is 18.9 Å². The molecule has 1 amide bonds. The van der Waals surface area contributed by atoms with Crippen LogP contribution in [-0.4, -0.2) is 41.5 Å². The fraction of sp³-hybridized carbons (Fsp3) is 0.412. The molecule has 0 radical (unpaired) electrons. The molecule has 2 saturated heterocycles. The number of furan rings is 1. The Kier molecular flexibility index (Phi) is 3.22. The van der Waals surface area contributed by atoms with Gasteiger partial charge < -0.3 is 14.6 Å². The molecule has 2 aliphatic rings. The summed E-state index contributed by atoms with van der Waals surface area (Å²) in [6.45, 7) is 6.99. The SMILES string of the molecule is C=Cc1cc2cnc(C(=O)N[C@@H]3C[C@H]4CCN(C4)C3)cc2o1. The van der Waals surface area contributed by atoms with Crippen LogP contribution in [0.1, 0.15) is 29.1 Å². The second-order valence-electron chi connectivity index (χ2n) is 6.28. The molecule has 2 aromatic rings. The van der Waals surface area contributed by atoms with E-state index >= 15 is 0 Å². The second-order valence-corrected chi connectivity index (χ2v) is 6.28. The number of hydrogen-bond donors (Lipinski definition) is 1. The molecule has 4 heterocycles. The lowest BCUT2D eigenvalue weighted by atomic mass is 9.97. The topological polar surface area (TPSA) is 58.4 Å². The lowest BCUT2D eigenvalue weighted by Crippen LogP contribution is -2.47. The maximum Gasteiger partial charge on any atom is 0.270 e. The first-order chi connectivity index (χ1) is 10.7. The second kappa shape index (κ2) is 5.25. The Balaban J connectivity index is 1.51. The van der Waals surface area contributed by atoms with E-state index in [4.69, 9.17) is 4.42 Å². The van der Waals surface area contributed by atoms with Crippen molar-refractivity contribution >= 4 is 23.0 Å². The van der Waals surface area contributed by atoms with Crippen LogP contribution < -0.4 is 5.32 Å². The number of pyridine rings is 1. The lowest BCUT2D eigenvalue weighted by Gasteiger charge is -2.30. The molecule has 0 aliphatic carbocycles. The van der Waals surface area contributed by atoms with Crippen molar-refractivity contribution in [1.29, 1.82) is 0 Å². The number of carbonyl (C=O) groups excluding carboxylic acids is 1. The van der Waals surface area contributed by atoms with E-state index in [1.165, 1.54) is 13.0 Å². The first kappa shape index (κ1) is 13.5. The van der Waals surface area contributed by atoms with E-state index in [2.05, 4.69) is 21.8 Å². The zero-order chi connectivity index (χ0) is 15.1. The zero-order valence-corrected chi connectivity index (χ0v) is 12.4. The molecule has 2 fully saturated rings. The van der Waals surface area contributed by atoms with Gasteiger partial charge in [-0.1, -0.05) is 6.58 Å². The highest BCUT2D eigenvalue weighted by Gasteiger charge is 2.33. The highest BCUT2D eigenvalue weighted by atomic mass is 16.3. The molecule has 0 aromatic carbocycles. The number of fused-ring (bicyclic) bond motifs is 3. The average Bonchev–Trinajstić information content (AvgIpc) is 3.09. The zero-order valence-electron chi connectivity index (χ0n) is 12.4. The highest BCUT2D eigenvalue weighted by molar-refractivity contribution is 5.95. The molecule has 1 unspecified atom stereocenters. The number of rotatable bonds is 3. The van der Waals surface area contributed by atoms with Crippen molar-refractivity contribution in [3.05, 3.63) is 36.4 Å². The Morgan fingerprint density at radius 2 is 2.36 bits per heavy atom. The van der Waals surface area contributed by atoms with Gasteiger partial charge >= 0.3 is 0 Å². The fourth-order valence-corrected chi connectivity index (χ4v) is 3.60. The molecule has 114 valence electrons. The van der Waals surface area contributed by atoms with Gasteiger partial charge in [0.1, 0.15) is 17.0 Å². The van der Waals surface area contributed by atoms with E-state index in [0.29, 0.717) is 17.0 Å². The summed E-state index contributed by atoms with van der Waals surface area (Å²) in [6, 6.07) is 3.80. The van der Waals surface area contributed by atoms with Crippen molar-refractivity contribution in [3.8, 4) is 0 Å². The molecule has 4 rings (SSSR count). The fourth-order valence-electron chi connectivity index (χ4n) is 3.60. The van der Waals surface area contributed by atoms with E-state index in [0.717, 1.165) is 30.8 Å². The molecule has 5 heteroatoms. The van der Waals surface area contributed by atoms with E-state index in [9.17, 15) is 4.79 Å². The van der Waals surface area contributed by atoms with Crippen LogP contribution in [0.3, 0.4) is 0 Å². The van der Waals surface area contributed by atoms with E-state index in [1.54, 1.807) is 18.3 Å². The number of carbonyl (C=O) groups is 1. The number of piperidine rings is 1. The molecular formula is C17H19N3O2. The number of amides is 1. The predicted octanol–water partition coefficient (Wildman–Crippen LogP) is 2.29. The normalized spacial score (nSPS) is 27.0. The van der Waals surface area contributed by atoms with Gasteiger partial charge in [0.15, 0.2) is 0 Å². The van der Waals surface area contributed by atoms with Crippen LogP contribution >= 0.6 is 0 Å². The van der Waals surface area contributed by atoms with Gasteiger partial charge in [-0.15, -0.1) is 0 Å². The number of hydrogen-bond acceptors (Lipinski definition) is 4. The van der Waals surface area contributed by atoms with E-state index in [-0.39, 0.29) is 11.9 Å². The molecule has 0 saturated carbocycles. The van der Waals surface area contributed by atoms with Crippen LogP contribution in [0.15, 0.2) is 29.3 Å². The smallest absolute Gasteiger partial charge is 0.270 e. The minimum absolute atomic E-state index is 0.119. The summed E-state index contributed by atoms with van der Waals surface area (Å²) in [5, 5.41) is 4.00. The first-order valence-electron chi connectivity index (χ1n) is 7.76. The largest absolute Gasteiger partial charge is 0.457 e. The van der Waals surface area contributed by atoms with Crippen molar-refractivity contribution < 1.29 is 9.21 Å². The third-order valence-corrected chi connectivity index (χ3v) is 4.66. The quantitative estimate of drug-likeness (QED) is 0.944. The summed E-state index contributed by atoms with van der Waals surface area (Å²) < 4.78 is 5.60. The van der Waals surface area contributed by atoms with Crippen LogP contribution in [0.25, 0.3) is 17.0 Å². The van der Waals surface area contributed by atoms with Gasteiger partial charge in [-0.2, -0.15) is 0 Å². The Morgan fingerprint density at radius 3 is 3.18 bits per heavy atom. The van der Waals surface area contributed by atoms with Gasteiger partial charge in [0.25, 0.3) is 5.91 Å². The molecular weight excluding hydrogens is 278 g/mol. The summed E-state index contributed by atoms with van der Waals surface area (Å²) >= 11 is 0. The number of aromatic nitrogens is 1. The molecule has 22 heavy (non-hydrogen) atoms. The predicted molar refractivity (Wildman–Crippen MR) is 84.5 cm³/mol.